The van der Waals surface area contributed by atoms with Crippen molar-refractivity contribution in [3.05, 3.63) is 20.8 Å². The van der Waals surface area contributed by atoms with Gasteiger partial charge in [0.1, 0.15) is 0 Å². The number of hydrogen-bond donors (Lipinski definition) is 0. The Hall–Kier alpha value is 0.130. The van der Waals surface area contributed by atoms with Gasteiger partial charge in [0.25, 0.3) is 4.82 Å². The highest BCUT2D eigenvalue weighted by Crippen LogP contribution is 2.22. The van der Waals surface area contributed by atoms with Gasteiger partial charge in [-0.15, -0.1) is 11.3 Å². The molecular weight excluding hydrogens is 318 g/mol. The topological polar surface area (TPSA) is 20.3 Å². The number of nitrogens with zero attached hydrogens (tertiary/aromatic N) is 1. The summed E-state index contributed by atoms with van der Waals surface area (Å²) in [6.07, 6.45) is 0.907. The van der Waals surface area contributed by atoms with Crippen LogP contribution in [0.3, 0.4) is 0 Å². The molecule has 0 aliphatic carbocycles. The first-order valence-corrected chi connectivity index (χ1v) is 6.14. The summed E-state index contributed by atoms with van der Waals surface area (Å²) in [4.78, 5) is 13.7. The van der Waals surface area contributed by atoms with E-state index in [1.54, 1.807) is 23.3 Å². The maximum atomic E-state index is 10.8. The number of carbonyl (C=O) groups excluding carboxylic acids is 1. The van der Waals surface area contributed by atoms with Crippen LogP contribution in [0.25, 0.3) is 0 Å². The van der Waals surface area contributed by atoms with Crippen LogP contribution in [0, 0.1) is 0 Å². The summed E-state index contributed by atoms with van der Waals surface area (Å²) in [6, 6.07) is 4.09. The molecule has 1 aromatic rings. The van der Waals surface area contributed by atoms with Gasteiger partial charge in [-0.3, -0.25) is 4.79 Å². The maximum absolute atomic E-state index is 10.8. The first-order valence-electron chi connectivity index (χ1n) is 3.74. The van der Waals surface area contributed by atoms with Crippen LogP contribution in [0.1, 0.15) is 4.88 Å². The summed E-state index contributed by atoms with van der Waals surface area (Å²) < 4.78 is 1.13. The second kappa shape index (κ2) is 5.12. The molecule has 5 heteroatoms. The summed E-state index contributed by atoms with van der Waals surface area (Å²) in [6.45, 7) is 0.747. The van der Waals surface area contributed by atoms with Crippen LogP contribution in [0.5, 0.6) is 0 Å². The molecule has 0 fully saturated rings. The summed E-state index contributed by atoms with van der Waals surface area (Å²) >= 11 is 8.00. The lowest BCUT2D eigenvalue weighted by Gasteiger charge is -2.11. The quantitative estimate of drug-likeness (QED) is 0.615. The standard InChI is InChI=1S/C8H9Br2NOS/c1-11(8(10)12)5-4-6-2-3-7(9)13-6/h2-3H,4-5H2,1H3. The Labute approximate surface area is 98.2 Å². The van der Waals surface area contributed by atoms with Gasteiger partial charge in [0.2, 0.25) is 0 Å². The summed E-state index contributed by atoms with van der Waals surface area (Å²) in [7, 11) is 1.78. The molecular formula is C8H9Br2NOS. The van der Waals surface area contributed by atoms with Crippen LogP contribution >= 0.6 is 43.2 Å². The normalized spacial score (nSPS) is 10.1. The van der Waals surface area contributed by atoms with E-state index in [2.05, 4.69) is 37.9 Å². The lowest BCUT2D eigenvalue weighted by atomic mass is 10.3. The van der Waals surface area contributed by atoms with Crippen molar-refractivity contribution in [1.29, 1.82) is 0 Å². The molecule has 13 heavy (non-hydrogen) atoms. The number of halogens is 2. The lowest BCUT2D eigenvalue weighted by molar-refractivity contribution is 0.235. The predicted octanol–water partition coefficient (Wildman–Crippen LogP) is 3.50. The van der Waals surface area contributed by atoms with Crippen molar-refractivity contribution in [3.63, 3.8) is 0 Å². The second-order valence-electron chi connectivity index (χ2n) is 2.63. The molecule has 0 aromatic carbocycles. The van der Waals surface area contributed by atoms with Crippen LogP contribution in [-0.4, -0.2) is 23.3 Å². The highest BCUT2D eigenvalue weighted by atomic mass is 79.9. The third kappa shape index (κ3) is 3.79. The van der Waals surface area contributed by atoms with Crippen LogP contribution in [0.2, 0.25) is 0 Å². The van der Waals surface area contributed by atoms with Gasteiger partial charge in [-0.2, -0.15) is 0 Å². The van der Waals surface area contributed by atoms with Crippen molar-refractivity contribution in [1.82, 2.24) is 4.90 Å². The van der Waals surface area contributed by atoms with Gasteiger partial charge in [-0.05, 0) is 34.5 Å². The molecule has 0 radical (unpaired) electrons. The fourth-order valence-corrected chi connectivity index (χ4v) is 2.50. The van der Waals surface area contributed by atoms with Crippen molar-refractivity contribution >= 4 is 48.0 Å². The monoisotopic (exact) mass is 325 g/mol. The minimum Gasteiger partial charge on any atom is -0.336 e. The SMILES string of the molecule is CN(CCc1ccc(Br)s1)C(=O)Br. The fraction of sp³-hybridized carbons (Fsp3) is 0.375. The van der Waals surface area contributed by atoms with Crippen LogP contribution in [0.15, 0.2) is 15.9 Å². The van der Waals surface area contributed by atoms with Crippen LogP contribution in [0.4, 0.5) is 4.79 Å². The molecule has 1 rings (SSSR count). The van der Waals surface area contributed by atoms with Crippen molar-refractivity contribution in [3.8, 4) is 0 Å². The van der Waals surface area contributed by atoms with E-state index in [1.807, 2.05) is 6.07 Å². The minimum atomic E-state index is -0.0666. The summed E-state index contributed by atoms with van der Waals surface area (Å²) in [5.74, 6) is 0. The van der Waals surface area contributed by atoms with E-state index in [0.717, 1.165) is 16.8 Å². The molecule has 1 aromatic heterocycles. The molecule has 1 amide bonds. The Morgan fingerprint density at radius 2 is 2.31 bits per heavy atom. The Kier molecular flexibility index (Phi) is 4.41. The molecule has 72 valence electrons. The zero-order valence-electron chi connectivity index (χ0n) is 7.09. The molecule has 0 aliphatic heterocycles. The number of carbonyl (C=O) groups is 1. The van der Waals surface area contributed by atoms with E-state index < -0.39 is 0 Å². The number of hydrogen-bond acceptors (Lipinski definition) is 2. The van der Waals surface area contributed by atoms with Crippen LogP contribution in [-0.2, 0) is 6.42 Å². The molecule has 0 aliphatic rings. The van der Waals surface area contributed by atoms with Crippen molar-refractivity contribution < 1.29 is 4.79 Å². The number of rotatable bonds is 3. The molecule has 0 saturated carbocycles. The molecule has 0 unspecified atom stereocenters. The molecule has 0 N–H and O–H groups in total. The Bertz CT molecular complexity index is 300. The summed E-state index contributed by atoms with van der Waals surface area (Å²) in [5, 5.41) is 0. The van der Waals surface area contributed by atoms with E-state index in [4.69, 9.17) is 0 Å². The average molecular weight is 327 g/mol. The fourth-order valence-electron chi connectivity index (χ4n) is 0.852. The van der Waals surface area contributed by atoms with Crippen molar-refractivity contribution in [2.75, 3.05) is 13.6 Å². The first kappa shape index (κ1) is 11.2. The number of thiophene rings is 1. The largest absolute Gasteiger partial charge is 0.336 e. The van der Waals surface area contributed by atoms with Gasteiger partial charge in [-0.1, -0.05) is 0 Å². The second-order valence-corrected chi connectivity index (χ2v) is 5.86. The average Bonchev–Trinajstić information content (AvgIpc) is 2.47. The van der Waals surface area contributed by atoms with E-state index in [9.17, 15) is 4.79 Å². The van der Waals surface area contributed by atoms with Crippen molar-refractivity contribution in [2.24, 2.45) is 0 Å². The molecule has 0 atom stereocenters. The maximum Gasteiger partial charge on any atom is 0.289 e. The Morgan fingerprint density at radius 3 is 2.77 bits per heavy atom. The molecule has 1 heterocycles. The third-order valence-electron chi connectivity index (χ3n) is 1.62. The van der Waals surface area contributed by atoms with Gasteiger partial charge in [0.15, 0.2) is 0 Å². The molecule has 0 saturated heterocycles. The zero-order valence-corrected chi connectivity index (χ0v) is 11.1. The molecule has 2 nitrogen and oxygen atoms in total. The van der Waals surface area contributed by atoms with Gasteiger partial charge in [0, 0.05) is 34.4 Å². The predicted molar refractivity (Wildman–Crippen MR) is 62.7 cm³/mol. The molecule has 0 spiro atoms. The highest BCUT2D eigenvalue weighted by molar-refractivity contribution is 9.18. The van der Waals surface area contributed by atoms with Crippen LogP contribution < -0.4 is 0 Å². The van der Waals surface area contributed by atoms with Crippen molar-refractivity contribution in [2.45, 2.75) is 6.42 Å². The smallest absolute Gasteiger partial charge is 0.289 e. The lowest BCUT2D eigenvalue weighted by Crippen LogP contribution is -2.22. The summed E-state index contributed by atoms with van der Waals surface area (Å²) in [5.41, 5.74) is 0. The zero-order chi connectivity index (χ0) is 9.84. The van der Waals surface area contributed by atoms with E-state index >= 15 is 0 Å². The van der Waals surface area contributed by atoms with E-state index in [1.165, 1.54) is 4.88 Å². The minimum absolute atomic E-state index is 0.0666. The number of amides is 1. The third-order valence-corrected chi connectivity index (χ3v) is 3.91. The van der Waals surface area contributed by atoms with E-state index in [0.29, 0.717) is 0 Å². The number of likely N-dealkylation sites (N-methyl/N-ethyl adjacent to an activating group) is 1. The van der Waals surface area contributed by atoms with Gasteiger partial charge in [-0.25, -0.2) is 0 Å². The Morgan fingerprint density at radius 1 is 1.62 bits per heavy atom. The van der Waals surface area contributed by atoms with Gasteiger partial charge in [0.05, 0.1) is 3.79 Å². The van der Waals surface area contributed by atoms with Gasteiger partial charge >= 0.3 is 0 Å². The van der Waals surface area contributed by atoms with Gasteiger partial charge < -0.3 is 4.90 Å². The Balaban J connectivity index is 2.39. The first-order chi connectivity index (χ1) is 6.09. The highest BCUT2D eigenvalue weighted by Gasteiger charge is 2.04. The molecule has 0 bridgehead atoms. The van der Waals surface area contributed by atoms with E-state index in [-0.39, 0.29) is 4.82 Å².